The van der Waals surface area contributed by atoms with Gasteiger partial charge in [-0.25, -0.2) is 0 Å². The van der Waals surface area contributed by atoms with E-state index in [-0.39, 0.29) is 18.0 Å². The molecule has 0 amide bonds. The number of benzene rings is 1. The van der Waals surface area contributed by atoms with E-state index in [4.69, 9.17) is 22.7 Å². The summed E-state index contributed by atoms with van der Waals surface area (Å²) < 4.78 is 41.8. The van der Waals surface area contributed by atoms with Crippen LogP contribution in [0, 0.1) is 0 Å². The van der Waals surface area contributed by atoms with Crippen LogP contribution in [0.4, 0.5) is 13.2 Å². The summed E-state index contributed by atoms with van der Waals surface area (Å²) in [7, 11) is 0. The van der Waals surface area contributed by atoms with E-state index < -0.39 is 12.6 Å². The summed E-state index contributed by atoms with van der Waals surface area (Å²) in [5.41, 5.74) is 6.01. The standard InChI is InChI=1S/C11H11BrF3NOS/c12-7-2-3-9(8(6-7)10(16)18)17-5-1-4-11(13,14)15/h2-3,6H,1,4-5H2,(H2,16,18). The third-order valence-electron chi connectivity index (χ3n) is 2.07. The van der Waals surface area contributed by atoms with Crippen LogP contribution in [-0.2, 0) is 0 Å². The van der Waals surface area contributed by atoms with Crippen LogP contribution in [0.15, 0.2) is 22.7 Å². The quantitative estimate of drug-likeness (QED) is 0.653. The smallest absolute Gasteiger partial charge is 0.389 e. The highest BCUT2D eigenvalue weighted by atomic mass is 79.9. The Kier molecular flexibility index (Phi) is 5.40. The number of hydrogen-bond acceptors (Lipinski definition) is 2. The summed E-state index contributed by atoms with van der Waals surface area (Å²) in [5.74, 6) is 0.396. The van der Waals surface area contributed by atoms with Gasteiger partial charge in [0.25, 0.3) is 0 Å². The van der Waals surface area contributed by atoms with Crippen molar-refractivity contribution in [2.45, 2.75) is 19.0 Å². The maximum Gasteiger partial charge on any atom is 0.389 e. The molecule has 0 bridgehead atoms. The minimum atomic E-state index is -4.16. The first kappa shape index (κ1) is 15.2. The van der Waals surface area contributed by atoms with Gasteiger partial charge in [0.05, 0.1) is 12.2 Å². The molecule has 0 atom stereocenters. The van der Waals surface area contributed by atoms with Crippen LogP contribution in [0.1, 0.15) is 18.4 Å². The van der Waals surface area contributed by atoms with Gasteiger partial charge in [0.1, 0.15) is 10.7 Å². The molecule has 0 aliphatic carbocycles. The second-order valence-electron chi connectivity index (χ2n) is 3.57. The Morgan fingerprint density at radius 3 is 2.61 bits per heavy atom. The lowest BCUT2D eigenvalue weighted by Gasteiger charge is -2.11. The molecule has 0 unspecified atom stereocenters. The summed E-state index contributed by atoms with van der Waals surface area (Å²) in [6.07, 6.45) is -5.13. The van der Waals surface area contributed by atoms with Crippen molar-refractivity contribution in [3.8, 4) is 5.75 Å². The molecule has 0 fully saturated rings. The van der Waals surface area contributed by atoms with Crippen molar-refractivity contribution in [1.29, 1.82) is 0 Å². The predicted octanol–water partition coefficient (Wildman–Crippen LogP) is 3.80. The number of thiocarbonyl (C=S) groups is 1. The maximum absolute atomic E-state index is 11.9. The van der Waals surface area contributed by atoms with Gasteiger partial charge < -0.3 is 10.5 Å². The average Bonchev–Trinajstić information content (AvgIpc) is 2.24. The van der Waals surface area contributed by atoms with Gasteiger partial charge in [-0.15, -0.1) is 0 Å². The number of nitrogens with two attached hydrogens (primary N) is 1. The summed E-state index contributed by atoms with van der Waals surface area (Å²) in [4.78, 5) is 0.141. The highest BCUT2D eigenvalue weighted by molar-refractivity contribution is 9.10. The van der Waals surface area contributed by atoms with Gasteiger partial charge in [-0.2, -0.15) is 13.2 Å². The molecule has 0 heterocycles. The Morgan fingerprint density at radius 2 is 2.06 bits per heavy atom. The molecule has 0 radical (unpaired) electrons. The van der Waals surface area contributed by atoms with Crippen LogP contribution >= 0.6 is 28.1 Å². The Morgan fingerprint density at radius 1 is 1.39 bits per heavy atom. The van der Waals surface area contributed by atoms with Gasteiger partial charge in [0.15, 0.2) is 0 Å². The molecular weight excluding hydrogens is 331 g/mol. The first-order valence-corrected chi connectivity index (χ1v) is 6.28. The highest BCUT2D eigenvalue weighted by Crippen LogP contribution is 2.25. The Bertz CT molecular complexity index is 437. The largest absolute Gasteiger partial charge is 0.493 e. The van der Waals surface area contributed by atoms with Crippen molar-refractivity contribution in [1.82, 2.24) is 0 Å². The predicted molar refractivity (Wildman–Crippen MR) is 70.8 cm³/mol. The molecule has 1 aromatic carbocycles. The molecule has 100 valence electrons. The van der Waals surface area contributed by atoms with Gasteiger partial charge in [-0.3, -0.25) is 0 Å². The van der Waals surface area contributed by atoms with Crippen molar-refractivity contribution in [3.05, 3.63) is 28.2 Å². The number of rotatable bonds is 5. The monoisotopic (exact) mass is 341 g/mol. The SMILES string of the molecule is NC(=S)c1cc(Br)ccc1OCCCC(F)(F)F. The average molecular weight is 342 g/mol. The summed E-state index contributed by atoms with van der Waals surface area (Å²) in [5, 5.41) is 0. The first-order valence-electron chi connectivity index (χ1n) is 5.08. The van der Waals surface area contributed by atoms with E-state index in [1.54, 1.807) is 18.2 Å². The third-order valence-corrected chi connectivity index (χ3v) is 2.78. The lowest BCUT2D eigenvalue weighted by molar-refractivity contribution is -0.136. The fraction of sp³-hybridized carbons (Fsp3) is 0.364. The molecule has 0 spiro atoms. The normalized spacial score (nSPS) is 11.3. The summed E-state index contributed by atoms with van der Waals surface area (Å²) >= 11 is 8.10. The fourth-order valence-electron chi connectivity index (χ4n) is 1.28. The number of alkyl halides is 3. The van der Waals surface area contributed by atoms with Crippen molar-refractivity contribution >= 4 is 33.1 Å². The third kappa shape index (κ3) is 5.22. The van der Waals surface area contributed by atoms with Crippen LogP contribution in [-0.4, -0.2) is 17.8 Å². The zero-order valence-corrected chi connectivity index (χ0v) is 11.7. The molecule has 1 rings (SSSR count). The van der Waals surface area contributed by atoms with E-state index in [9.17, 15) is 13.2 Å². The van der Waals surface area contributed by atoms with Crippen LogP contribution in [0.3, 0.4) is 0 Å². The molecule has 0 aliphatic heterocycles. The van der Waals surface area contributed by atoms with Gasteiger partial charge in [-0.1, -0.05) is 28.1 Å². The van der Waals surface area contributed by atoms with E-state index >= 15 is 0 Å². The van der Waals surface area contributed by atoms with E-state index in [0.29, 0.717) is 11.3 Å². The number of hydrogen-bond donors (Lipinski definition) is 1. The minimum absolute atomic E-state index is 0.0310. The molecule has 0 saturated carbocycles. The van der Waals surface area contributed by atoms with Gasteiger partial charge in [0, 0.05) is 10.9 Å². The second kappa shape index (κ2) is 6.38. The molecular formula is C11H11BrF3NOS. The highest BCUT2D eigenvalue weighted by Gasteiger charge is 2.26. The van der Waals surface area contributed by atoms with Gasteiger partial charge >= 0.3 is 6.18 Å². The fourth-order valence-corrected chi connectivity index (χ4v) is 1.80. The molecule has 0 aliphatic rings. The molecule has 0 aromatic heterocycles. The molecule has 2 nitrogen and oxygen atoms in total. The summed E-state index contributed by atoms with van der Waals surface area (Å²) in [6, 6.07) is 4.99. The number of halogens is 4. The van der Waals surface area contributed by atoms with Gasteiger partial charge in [-0.05, 0) is 24.6 Å². The topological polar surface area (TPSA) is 35.2 Å². The Balaban J connectivity index is 2.59. The Labute approximate surface area is 116 Å². The van der Waals surface area contributed by atoms with Crippen LogP contribution in [0.25, 0.3) is 0 Å². The maximum atomic E-state index is 11.9. The van der Waals surface area contributed by atoms with Gasteiger partial charge in [0.2, 0.25) is 0 Å². The van der Waals surface area contributed by atoms with Crippen molar-refractivity contribution < 1.29 is 17.9 Å². The van der Waals surface area contributed by atoms with Crippen LogP contribution in [0.2, 0.25) is 0 Å². The van der Waals surface area contributed by atoms with E-state index in [1.165, 1.54) is 0 Å². The van der Waals surface area contributed by atoms with Crippen LogP contribution in [0.5, 0.6) is 5.75 Å². The lowest BCUT2D eigenvalue weighted by atomic mass is 10.2. The van der Waals surface area contributed by atoms with Crippen molar-refractivity contribution in [3.63, 3.8) is 0 Å². The Hall–Kier alpha value is -0.820. The molecule has 18 heavy (non-hydrogen) atoms. The van der Waals surface area contributed by atoms with E-state index in [2.05, 4.69) is 15.9 Å². The van der Waals surface area contributed by atoms with E-state index in [0.717, 1.165) is 4.47 Å². The lowest BCUT2D eigenvalue weighted by Crippen LogP contribution is -2.13. The molecule has 0 saturated heterocycles. The molecule has 2 N–H and O–H groups in total. The minimum Gasteiger partial charge on any atom is -0.493 e. The van der Waals surface area contributed by atoms with E-state index in [1.807, 2.05) is 0 Å². The molecule has 1 aromatic rings. The first-order chi connectivity index (χ1) is 8.29. The zero-order chi connectivity index (χ0) is 13.8. The van der Waals surface area contributed by atoms with Crippen molar-refractivity contribution in [2.75, 3.05) is 6.61 Å². The van der Waals surface area contributed by atoms with Crippen LogP contribution < -0.4 is 10.5 Å². The van der Waals surface area contributed by atoms with Crippen molar-refractivity contribution in [2.24, 2.45) is 5.73 Å². The molecule has 7 heteroatoms. The zero-order valence-electron chi connectivity index (χ0n) is 9.26. The second-order valence-corrected chi connectivity index (χ2v) is 4.93. The summed E-state index contributed by atoms with van der Waals surface area (Å²) in [6.45, 7) is -0.0310. The number of ether oxygens (including phenoxy) is 1.